The Morgan fingerprint density at radius 3 is 2.78 bits per heavy atom. The van der Waals surface area contributed by atoms with Crippen molar-refractivity contribution < 1.29 is 14.6 Å². The fourth-order valence-electron chi connectivity index (χ4n) is 1.49. The molecule has 1 rings (SSSR count). The maximum atomic E-state index is 10.6. The number of carboxylic acids is 1. The van der Waals surface area contributed by atoms with Crippen molar-refractivity contribution in [3.63, 3.8) is 0 Å². The van der Waals surface area contributed by atoms with E-state index in [2.05, 4.69) is 25.8 Å². The number of hydrogen-bond donors (Lipinski definition) is 1. The first-order valence-corrected chi connectivity index (χ1v) is 6.13. The van der Waals surface area contributed by atoms with E-state index in [1.165, 1.54) is 0 Å². The number of benzene rings is 1. The fraction of sp³-hybridized carbons (Fsp3) is 0.500. The van der Waals surface area contributed by atoms with E-state index in [1.54, 1.807) is 12.1 Å². The molecule has 0 bridgehead atoms. The summed E-state index contributed by atoms with van der Waals surface area (Å²) in [7, 11) is 2.05. The van der Waals surface area contributed by atoms with E-state index in [0.717, 1.165) is 17.9 Å². The minimum absolute atomic E-state index is 0.0309. The molecule has 0 aliphatic rings. The highest BCUT2D eigenvalue weighted by Gasteiger charge is 2.04. The number of carboxylic acid groups (broad SMARTS) is 1. The van der Waals surface area contributed by atoms with Crippen molar-refractivity contribution in [1.29, 1.82) is 0 Å². The van der Waals surface area contributed by atoms with Crippen LogP contribution in [0.1, 0.15) is 19.4 Å². The predicted octanol–water partition coefficient (Wildman–Crippen LogP) is 2.03. The van der Waals surface area contributed by atoms with Gasteiger partial charge in [-0.2, -0.15) is 0 Å². The summed E-state index contributed by atoms with van der Waals surface area (Å²) in [6.07, 6.45) is 0.0309. The number of ether oxygens (including phenoxy) is 1. The van der Waals surface area contributed by atoms with Gasteiger partial charge >= 0.3 is 5.97 Å². The summed E-state index contributed by atoms with van der Waals surface area (Å²) in [5, 5.41) is 8.72. The van der Waals surface area contributed by atoms with Gasteiger partial charge in [-0.25, -0.2) is 0 Å². The lowest BCUT2D eigenvalue weighted by molar-refractivity contribution is -0.136. The molecule has 0 unspecified atom stereocenters. The summed E-state index contributed by atoms with van der Waals surface area (Å²) in [4.78, 5) is 12.8. The summed E-state index contributed by atoms with van der Waals surface area (Å²) in [6.45, 7) is 5.72. The van der Waals surface area contributed by atoms with Crippen LogP contribution in [0.2, 0.25) is 0 Å². The Morgan fingerprint density at radius 2 is 2.17 bits per heavy atom. The fourth-order valence-corrected chi connectivity index (χ4v) is 1.49. The second kappa shape index (κ2) is 7.01. The van der Waals surface area contributed by atoms with Gasteiger partial charge in [-0.15, -0.1) is 0 Å². The second-order valence-electron chi connectivity index (χ2n) is 4.64. The van der Waals surface area contributed by atoms with Gasteiger partial charge in [0.05, 0.1) is 6.42 Å². The molecule has 0 heterocycles. The molecule has 18 heavy (non-hydrogen) atoms. The topological polar surface area (TPSA) is 49.8 Å². The third-order valence-corrected chi connectivity index (χ3v) is 2.85. The predicted molar refractivity (Wildman–Crippen MR) is 71.0 cm³/mol. The van der Waals surface area contributed by atoms with Gasteiger partial charge < -0.3 is 14.7 Å². The van der Waals surface area contributed by atoms with Gasteiger partial charge in [-0.3, -0.25) is 4.79 Å². The van der Waals surface area contributed by atoms with Crippen molar-refractivity contribution in [2.24, 2.45) is 0 Å². The zero-order valence-corrected chi connectivity index (χ0v) is 11.2. The molecular weight excluding hydrogens is 230 g/mol. The third kappa shape index (κ3) is 5.19. The van der Waals surface area contributed by atoms with Crippen LogP contribution in [0.25, 0.3) is 0 Å². The molecule has 0 saturated heterocycles. The maximum absolute atomic E-state index is 10.6. The van der Waals surface area contributed by atoms with Crippen molar-refractivity contribution in [2.75, 3.05) is 20.2 Å². The first-order chi connectivity index (χ1) is 8.49. The number of nitrogens with zero attached hydrogens (tertiary/aromatic N) is 1. The Hall–Kier alpha value is -1.55. The number of aliphatic carboxylic acids is 1. The third-order valence-electron chi connectivity index (χ3n) is 2.85. The highest BCUT2D eigenvalue weighted by atomic mass is 16.5. The molecule has 1 N–H and O–H groups in total. The van der Waals surface area contributed by atoms with E-state index in [4.69, 9.17) is 9.84 Å². The summed E-state index contributed by atoms with van der Waals surface area (Å²) < 4.78 is 5.61. The lowest BCUT2D eigenvalue weighted by atomic mass is 10.1. The van der Waals surface area contributed by atoms with Crippen LogP contribution in [0.3, 0.4) is 0 Å². The average molecular weight is 251 g/mol. The van der Waals surface area contributed by atoms with E-state index >= 15 is 0 Å². The van der Waals surface area contributed by atoms with Crippen molar-refractivity contribution in [2.45, 2.75) is 26.3 Å². The van der Waals surface area contributed by atoms with Crippen LogP contribution in [0.5, 0.6) is 5.75 Å². The van der Waals surface area contributed by atoms with Crippen molar-refractivity contribution in [3.8, 4) is 5.75 Å². The maximum Gasteiger partial charge on any atom is 0.307 e. The highest BCUT2D eigenvalue weighted by molar-refractivity contribution is 5.70. The normalized spacial score (nSPS) is 10.9. The molecule has 0 aliphatic carbocycles. The molecule has 0 atom stereocenters. The number of hydrogen-bond acceptors (Lipinski definition) is 3. The quantitative estimate of drug-likeness (QED) is 0.805. The Morgan fingerprint density at radius 1 is 1.44 bits per heavy atom. The zero-order valence-electron chi connectivity index (χ0n) is 11.2. The van der Waals surface area contributed by atoms with Gasteiger partial charge in [-0.1, -0.05) is 12.1 Å². The second-order valence-corrected chi connectivity index (χ2v) is 4.64. The molecule has 4 heteroatoms. The molecule has 1 aromatic rings. The van der Waals surface area contributed by atoms with Gasteiger partial charge in [-0.05, 0) is 38.6 Å². The number of rotatable bonds is 7. The van der Waals surface area contributed by atoms with E-state index in [9.17, 15) is 4.79 Å². The minimum Gasteiger partial charge on any atom is -0.492 e. The summed E-state index contributed by atoms with van der Waals surface area (Å²) in [5.74, 6) is -0.0994. The standard InChI is InChI=1S/C14H21NO3/c1-11(2)15(3)7-8-18-13-6-4-5-12(9-13)10-14(16)17/h4-6,9,11H,7-8,10H2,1-3H3,(H,16,17). The van der Waals surface area contributed by atoms with Crippen molar-refractivity contribution >= 4 is 5.97 Å². The highest BCUT2D eigenvalue weighted by Crippen LogP contribution is 2.13. The van der Waals surface area contributed by atoms with Crippen molar-refractivity contribution in [1.82, 2.24) is 4.90 Å². The zero-order chi connectivity index (χ0) is 13.5. The molecule has 0 amide bonds. The molecular formula is C14H21NO3. The molecule has 1 aromatic carbocycles. The van der Waals surface area contributed by atoms with E-state index in [-0.39, 0.29) is 6.42 Å². The lowest BCUT2D eigenvalue weighted by Crippen LogP contribution is -2.30. The molecule has 0 spiro atoms. The Balaban J connectivity index is 2.45. The van der Waals surface area contributed by atoms with Gasteiger partial charge in [0.15, 0.2) is 0 Å². The average Bonchev–Trinajstić information content (AvgIpc) is 2.28. The summed E-state index contributed by atoms with van der Waals surface area (Å²) in [6, 6.07) is 7.73. The molecule has 0 aromatic heterocycles. The van der Waals surface area contributed by atoms with Crippen LogP contribution >= 0.6 is 0 Å². The Kier molecular flexibility index (Phi) is 5.65. The summed E-state index contributed by atoms with van der Waals surface area (Å²) in [5.41, 5.74) is 0.761. The van der Waals surface area contributed by atoms with E-state index in [0.29, 0.717) is 12.6 Å². The molecule has 100 valence electrons. The summed E-state index contributed by atoms with van der Waals surface area (Å²) >= 11 is 0. The molecule has 0 aliphatic heterocycles. The first-order valence-electron chi connectivity index (χ1n) is 6.13. The van der Waals surface area contributed by atoms with Crippen LogP contribution < -0.4 is 4.74 Å². The van der Waals surface area contributed by atoms with Gasteiger partial charge in [0.1, 0.15) is 12.4 Å². The molecule has 0 fully saturated rings. The van der Waals surface area contributed by atoms with Gasteiger partial charge in [0.2, 0.25) is 0 Å². The van der Waals surface area contributed by atoms with Crippen LogP contribution in [0.15, 0.2) is 24.3 Å². The van der Waals surface area contributed by atoms with Crippen LogP contribution in [-0.4, -0.2) is 42.2 Å². The molecule has 0 radical (unpaired) electrons. The lowest BCUT2D eigenvalue weighted by Gasteiger charge is -2.20. The number of likely N-dealkylation sites (N-methyl/N-ethyl adjacent to an activating group) is 1. The Bertz CT molecular complexity index is 390. The SMILES string of the molecule is CC(C)N(C)CCOc1cccc(CC(=O)O)c1. The van der Waals surface area contributed by atoms with Crippen LogP contribution in [0.4, 0.5) is 0 Å². The Labute approximate surface area is 108 Å². The minimum atomic E-state index is -0.827. The van der Waals surface area contributed by atoms with Gasteiger partial charge in [0, 0.05) is 12.6 Å². The molecule has 0 saturated carbocycles. The van der Waals surface area contributed by atoms with Crippen LogP contribution in [0, 0.1) is 0 Å². The van der Waals surface area contributed by atoms with E-state index in [1.807, 2.05) is 12.1 Å². The van der Waals surface area contributed by atoms with Gasteiger partial charge in [0.25, 0.3) is 0 Å². The largest absolute Gasteiger partial charge is 0.492 e. The monoisotopic (exact) mass is 251 g/mol. The molecule has 4 nitrogen and oxygen atoms in total. The first kappa shape index (κ1) is 14.5. The number of carbonyl (C=O) groups is 1. The smallest absolute Gasteiger partial charge is 0.307 e. The van der Waals surface area contributed by atoms with E-state index < -0.39 is 5.97 Å². The van der Waals surface area contributed by atoms with Crippen LogP contribution in [-0.2, 0) is 11.2 Å². The van der Waals surface area contributed by atoms with Crippen molar-refractivity contribution in [3.05, 3.63) is 29.8 Å².